The first-order chi connectivity index (χ1) is 16.6. The Bertz CT molecular complexity index is 1250. The van der Waals surface area contributed by atoms with Gasteiger partial charge in [-0.15, -0.1) is 0 Å². The zero-order valence-electron chi connectivity index (χ0n) is 18.1. The predicted octanol–water partition coefficient (Wildman–Crippen LogP) is 5.70. The van der Waals surface area contributed by atoms with Crippen molar-refractivity contribution < 1.29 is 31.8 Å². The first-order valence-electron chi connectivity index (χ1n) is 10.9. The molecule has 0 saturated heterocycles. The highest BCUT2D eigenvalue weighted by Crippen LogP contribution is 2.48. The molecule has 1 fully saturated rings. The topological polar surface area (TPSA) is 60.5 Å². The molecule has 182 valence electrons. The molecule has 1 aliphatic carbocycles. The number of hydrogen-bond donors (Lipinski definition) is 1. The number of amides is 1. The third kappa shape index (κ3) is 4.40. The lowest BCUT2D eigenvalue weighted by atomic mass is 9.80. The number of ether oxygens (including phenoxy) is 2. The minimum Gasteiger partial charge on any atom is -0.421 e. The molecule has 1 saturated carbocycles. The molecule has 1 aliphatic heterocycles. The fraction of sp³-hybridized carbons (Fsp3) is 0.280. The van der Waals surface area contributed by atoms with Crippen molar-refractivity contribution in [1.82, 2.24) is 10.3 Å². The molecule has 3 aromatic rings. The van der Waals surface area contributed by atoms with E-state index >= 15 is 0 Å². The standard InChI is InChI=1S/C25H19ClF4N2O3/c26-18-9-11-21(31-14-18)23(32-22(33)16-6-7-16,13-15-4-2-1-3-5-15)17-8-10-19-20(12-17)35-25(29,30)24(27,28)34-19/h1-5,8-12,14,16H,6-7,13H2,(H,32,33)/t23-/m1/s1. The van der Waals surface area contributed by atoms with E-state index in [1.54, 1.807) is 12.1 Å². The highest BCUT2D eigenvalue weighted by atomic mass is 35.5. The maximum Gasteiger partial charge on any atom is 0.507 e. The van der Waals surface area contributed by atoms with Gasteiger partial charge in [0.1, 0.15) is 5.54 Å². The number of carbonyl (C=O) groups is 1. The molecule has 0 radical (unpaired) electrons. The van der Waals surface area contributed by atoms with Gasteiger partial charge in [0.05, 0.1) is 10.7 Å². The molecule has 0 spiro atoms. The molecule has 2 aliphatic rings. The number of alkyl halides is 4. The fourth-order valence-electron chi connectivity index (χ4n) is 4.04. The minimum absolute atomic E-state index is 0.183. The number of fused-ring (bicyclic) bond motifs is 1. The van der Waals surface area contributed by atoms with E-state index in [2.05, 4.69) is 19.8 Å². The second-order valence-electron chi connectivity index (χ2n) is 8.59. The van der Waals surface area contributed by atoms with Gasteiger partial charge in [-0.2, -0.15) is 17.6 Å². The van der Waals surface area contributed by atoms with Crippen molar-refractivity contribution >= 4 is 17.5 Å². The number of benzene rings is 2. The van der Waals surface area contributed by atoms with Gasteiger partial charge in [0.2, 0.25) is 5.91 Å². The van der Waals surface area contributed by atoms with Crippen LogP contribution in [-0.4, -0.2) is 23.1 Å². The monoisotopic (exact) mass is 506 g/mol. The summed E-state index contributed by atoms with van der Waals surface area (Å²) in [6, 6.07) is 16.1. The Balaban J connectivity index is 1.68. The van der Waals surface area contributed by atoms with E-state index in [9.17, 15) is 22.4 Å². The highest BCUT2D eigenvalue weighted by Gasteiger charge is 2.66. The van der Waals surface area contributed by atoms with Crippen LogP contribution < -0.4 is 14.8 Å². The Morgan fingerprint density at radius 3 is 2.31 bits per heavy atom. The average molecular weight is 507 g/mol. The van der Waals surface area contributed by atoms with Crippen LogP contribution >= 0.6 is 11.6 Å². The second-order valence-corrected chi connectivity index (χ2v) is 9.03. The van der Waals surface area contributed by atoms with Crippen LogP contribution in [0.3, 0.4) is 0 Å². The van der Waals surface area contributed by atoms with E-state index in [0.29, 0.717) is 16.3 Å². The molecule has 1 amide bonds. The largest absolute Gasteiger partial charge is 0.507 e. The fourth-order valence-corrected chi connectivity index (χ4v) is 4.15. The summed E-state index contributed by atoms with van der Waals surface area (Å²) in [5, 5.41) is 3.42. The van der Waals surface area contributed by atoms with E-state index in [-0.39, 0.29) is 18.2 Å². The van der Waals surface area contributed by atoms with E-state index in [4.69, 9.17) is 11.6 Å². The third-order valence-electron chi connectivity index (χ3n) is 6.01. The highest BCUT2D eigenvalue weighted by molar-refractivity contribution is 6.30. The van der Waals surface area contributed by atoms with E-state index < -0.39 is 29.3 Å². The van der Waals surface area contributed by atoms with Crippen molar-refractivity contribution in [2.24, 2.45) is 5.92 Å². The van der Waals surface area contributed by atoms with Crippen molar-refractivity contribution in [2.45, 2.75) is 37.0 Å². The first-order valence-corrected chi connectivity index (χ1v) is 11.2. The van der Waals surface area contributed by atoms with Crippen LogP contribution in [0.5, 0.6) is 11.5 Å². The number of halogens is 5. The molecular formula is C25H19ClF4N2O3. The van der Waals surface area contributed by atoms with Crippen molar-refractivity contribution in [3.8, 4) is 11.5 Å². The van der Waals surface area contributed by atoms with Crippen molar-refractivity contribution in [2.75, 3.05) is 0 Å². The summed E-state index contributed by atoms with van der Waals surface area (Å²) in [4.78, 5) is 17.5. The lowest BCUT2D eigenvalue weighted by Gasteiger charge is -2.37. The normalized spacial score (nSPS) is 19.5. The molecule has 1 aromatic heterocycles. The maximum absolute atomic E-state index is 13.9. The Morgan fingerprint density at radius 2 is 1.69 bits per heavy atom. The van der Waals surface area contributed by atoms with Gasteiger partial charge < -0.3 is 14.8 Å². The van der Waals surface area contributed by atoms with Gasteiger partial charge in [0.15, 0.2) is 11.5 Å². The summed E-state index contributed by atoms with van der Waals surface area (Å²) in [5.74, 6) is -1.54. The predicted molar refractivity (Wildman–Crippen MR) is 119 cm³/mol. The minimum atomic E-state index is -4.88. The summed E-state index contributed by atoms with van der Waals surface area (Å²) < 4.78 is 63.8. The van der Waals surface area contributed by atoms with Gasteiger partial charge in [-0.3, -0.25) is 9.78 Å². The van der Waals surface area contributed by atoms with Crippen molar-refractivity contribution in [3.63, 3.8) is 0 Å². The van der Waals surface area contributed by atoms with Gasteiger partial charge in [-0.25, -0.2) is 0 Å². The van der Waals surface area contributed by atoms with Crippen LogP contribution in [0.25, 0.3) is 0 Å². The second kappa shape index (κ2) is 8.41. The molecule has 0 bridgehead atoms. The summed E-state index contributed by atoms with van der Waals surface area (Å²) in [5.41, 5.74) is 0.147. The Hall–Kier alpha value is -3.33. The Kier molecular flexibility index (Phi) is 5.62. The Labute approximate surface area is 203 Å². The number of carbonyl (C=O) groups excluding carboxylic acids is 1. The molecule has 35 heavy (non-hydrogen) atoms. The molecule has 1 atom stereocenters. The van der Waals surface area contributed by atoms with Gasteiger partial charge in [0, 0.05) is 18.5 Å². The molecule has 10 heteroatoms. The van der Waals surface area contributed by atoms with Gasteiger partial charge in [-0.05, 0) is 48.2 Å². The molecule has 2 aromatic carbocycles. The number of rotatable bonds is 6. The number of aromatic nitrogens is 1. The van der Waals surface area contributed by atoms with Crippen molar-refractivity contribution in [1.29, 1.82) is 0 Å². The zero-order valence-corrected chi connectivity index (χ0v) is 18.9. The lowest BCUT2D eigenvalue weighted by molar-refractivity contribution is -0.391. The number of hydrogen-bond acceptors (Lipinski definition) is 4. The quantitative estimate of drug-likeness (QED) is 0.435. The zero-order chi connectivity index (χ0) is 24.8. The first kappa shape index (κ1) is 23.4. The molecular weight excluding hydrogens is 488 g/mol. The van der Waals surface area contributed by atoms with E-state index in [1.807, 2.05) is 30.3 Å². The summed E-state index contributed by atoms with van der Waals surface area (Å²) >= 11 is 6.05. The van der Waals surface area contributed by atoms with E-state index in [1.165, 1.54) is 18.3 Å². The smallest absolute Gasteiger partial charge is 0.421 e. The lowest BCUT2D eigenvalue weighted by Crippen LogP contribution is -2.52. The number of nitrogens with one attached hydrogen (secondary N) is 1. The number of nitrogens with zero attached hydrogens (tertiary/aromatic N) is 1. The van der Waals surface area contributed by atoms with Crippen molar-refractivity contribution in [3.05, 3.63) is 88.7 Å². The van der Waals surface area contributed by atoms with Crippen LogP contribution in [0.15, 0.2) is 66.9 Å². The Morgan fingerprint density at radius 1 is 1.00 bits per heavy atom. The SMILES string of the molecule is O=C(N[C@](Cc1ccccc1)(c1ccc2c(c1)OC(F)(F)C(F)(F)O2)c1ccc(Cl)cn1)C1CC1. The summed E-state index contributed by atoms with van der Waals surface area (Å²) in [7, 11) is 0. The van der Waals surface area contributed by atoms with Crippen LogP contribution in [0.4, 0.5) is 17.6 Å². The molecule has 2 heterocycles. The summed E-state index contributed by atoms with van der Waals surface area (Å²) in [6.07, 6.45) is -6.66. The average Bonchev–Trinajstić information content (AvgIpc) is 3.65. The van der Waals surface area contributed by atoms with Crippen LogP contribution in [-0.2, 0) is 16.8 Å². The number of pyridine rings is 1. The third-order valence-corrected chi connectivity index (χ3v) is 6.24. The molecule has 5 nitrogen and oxygen atoms in total. The van der Waals surface area contributed by atoms with Gasteiger partial charge in [-0.1, -0.05) is 48.0 Å². The summed E-state index contributed by atoms with van der Waals surface area (Å²) in [6.45, 7) is 0. The van der Waals surface area contributed by atoms with Crippen LogP contribution in [0.2, 0.25) is 5.02 Å². The molecule has 0 unspecified atom stereocenters. The van der Waals surface area contributed by atoms with Crippen LogP contribution in [0, 0.1) is 5.92 Å². The molecule has 1 N–H and O–H groups in total. The molecule has 5 rings (SSSR count). The van der Waals surface area contributed by atoms with Crippen LogP contribution in [0.1, 0.15) is 29.7 Å². The maximum atomic E-state index is 13.9. The van der Waals surface area contributed by atoms with Gasteiger partial charge in [0.25, 0.3) is 0 Å². The van der Waals surface area contributed by atoms with E-state index in [0.717, 1.165) is 24.5 Å². The van der Waals surface area contributed by atoms with Gasteiger partial charge >= 0.3 is 12.2 Å².